The molecule has 1 aromatic heterocycles. The third kappa shape index (κ3) is 3.42. The Kier molecular flexibility index (Phi) is 4.20. The summed E-state index contributed by atoms with van der Waals surface area (Å²) >= 11 is 1.58. The first-order valence-electron chi connectivity index (χ1n) is 7.25. The molecule has 0 bridgehead atoms. The number of carbonyl (C=O) groups is 1. The summed E-state index contributed by atoms with van der Waals surface area (Å²) in [5.41, 5.74) is 2.40. The van der Waals surface area contributed by atoms with Crippen molar-refractivity contribution in [3.05, 3.63) is 40.4 Å². The first-order chi connectivity index (χ1) is 10.2. The van der Waals surface area contributed by atoms with E-state index in [-0.39, 0.29) is 12.5 Å². The van der Waals surface area contributed by atoms with Crippen LogP contribution in [-0.2, 0) is 24.1 Å². The van der Waals surface area contributed by atoms with E-state index in [4.69, 9.17) is 4.74 Å². The zero-order valence-electron chi connectivity index (χ0n) is 12.0. The predicted molar refractivity (Wildman–Crippen MR) is 84.1 cm³/mol. The second-order valence-corrected chi connectivity index (χ2v) is 6.16. The molecule has 4 nitrogen and oxygen atoms in total. The fraction of sp³-hybridized carbons (Fsp3) is 0.375. The van der Waals surface area contributed by atoms with Crippen molar-refractivity contribution in [2.45, 2.75) is 32.6 Å². The number of anilines is 1. The first kappa shape index (κ1) is 14.1. The number of thiazole rings is 1. The Labute approximate surface area is 128 Å². The summed E-state index contributed by atoms with van der Waals surface area (Å²) in [7, 11) is 0. The van der Waals surface area contributed by atoms with Gasteiger partial charge in [-0.1, -0.05) is 19.1 Å². The maximum atomic E-state index is 11.9. The van der Waals surface area contributed by atoms with Gasteiger partial charge in [-0.05, 0) is 43.4 Å². The van der Waals surface area contributed by atoms with Crippen LogP contribution in [0.15, 0.2) is 24.3 Å². The van der Waals surface area contributed by atoms with Crippen molar-refractivity contribution in [2.24, 2.45) is 0 Å². The van der Waals surface area contributed by atoms with Crippen molar-refractivity contribution >= 4 is 22.4 Å². The Morgan fingerprint density at radius 3 is 2.86 bits per heavy atom. The number of nitrogens with one attached hydrogen (secondary N) is 1. The first-order valence-corrected chi connectivity index (χ1v) is 8.06. The SMILES string of the molecule is CCc1ccc(OCC(=O)Nc2nc3c(s2)CCC3)cc1. The molecule has 1 heterocycles. The van der Waals surface area contributed by atoms with Crippen LogP contribution >= 0.6 is 11.3 Å². The third-order valence-electron chi connectivity index (χ3n) is 3.54. The van der Waals surface area contributed by atoms with Gasteiger partial charge in [0.2, 0.25) is 0 Å². The molecule has 1 aliphatic rings. The van der Waals surface area contributed by atoms with Gasteiger partial charge in [-0.15, -0.1) is 11.3 Å². The molecule has 0 saturated heterocycles. The van der Waals surface area contributed by atoms with E-state index in [0.29, 0.717) is 10.9 Å². The van der Waals surface area contributed by atoms with E-state index in [1.807, 2.05) is 24.3 Å². The topological polar surface area (TPSA) is 51.2 Å². The zero-order valence-corrected chi connectivity index (χ0v) is 12.8. The molecule has 1 aliphatic carbocycles. The van der Waals surface area contributed by atoms with Crippen LogP contribution in [0.5, 0.6) is 5.75 Å². The summed E-state index contributed by atoms with van der Waals surface area (Å²) in [5.74, 6) is 0.547. The lowest BCUT2D eigenvalue weighted by molar-refractivity contribution is -0.118. The Hall–Kier alpha value is -1.88. The highest BCUT2D eigenvalue weighted by molar-refractivity contribution is 7.15. The molecule has 0 saturated carbocycles. The lowest BCUT2D eigenvalue weighted by Gasteiger charge is -2.06. The van der Waals surface area contributed by atoms with Gasteiger partial charge in [0.05, 0.1) is 5.69 Å². The number of hydrogen-bond acceptors (Lipinski definition) is 4. The molecular weight excluding hydrogens is 284 g/mol. The van der Waals surface area contributed by atoms with Gasteiger partial charge in [-0.3, -0.25) is 10.1 Å². The number of carbonyl (C=O) groups excluding carboxylic acids is 1. The van der Waals surface area contributed by atoms with Crippen LogP contribution in [-0.4, -0.2) is 17.5 Å². The number of ether oxygens (including phenoxy) is 1. The van der Waals surface area contributed by atoms with Crippen molar-refractivity contribution < 1.29 is 9.53 Å². The van der Waals surface area contributed by atoms with Gasteiger partial charge in [0, 0.05) is 4.88 Å². The van der Waals surface area contributed by atoms with Gasteiger partial charge in [0.15, 0.2) is 11.7 Å². The number of aromatic nitrogens is 1. The minimum absolute atomic E-state index is 0.00964. The van der Waals surface area contributed by atoms with E-state index >= 15 is 0 Å². The minimum atomic E-state index is -0.165. The number of fused-ring (bicyclic) bond motifs is 1. The lowest BCUT2D eigenvalue weighted by Crippen LogP contribution is -2.20. The molecular formula is C16H18N2O2S. The van der Waals surface area contributed by atoms with Crippen molar-refractivity contribution in [1.29, 1.82) is 0 Å². The Bertz CT molecular complexity index is 613. The Morgan fingerprint density at radius 1 is 1.33 bits per heavy atom. The Morgan fingerprint density at radius 2 is 2.14 bits per heavy atom. The van der Waals surface area contributed by atoms with Gasteiger partial charge < -0.3 is 4.74 Å². The molecule has 5 heteroatoms. The lowest BCUT2D eigenvalue weighted by atomic mass is 10.2. The van der Waals surface area contributed by atoms with Crippen LogP contribution in [0, 0.1) is 0 Å². The van der Waals surface area contributed by atoms with Crippen LogP contribution in [0.1, 0.15) is 29.5 Å². The van der Waals surface area contributed by atoms with Crippen molar-refractivity contribution in [2.75, 3.05) is 11.9 Å². The van der Waals surface area contributed by atoms with Crippen molar-refractivity contribution in [1.82, 2.24) is 4.98 Å². The molecule has 0 fully saturated rings. The average molecular weight is 302 g/mol. The minimum Gasteiger partial charge on any atom is -0.484 e. The van der Waals surface area contributed by atoms with E-state index in [0.717, 1.165) is 25.0 Å². The van der Waals surface area contributed by atoms with Crippen molar-refractivity contribution in [3.8, 4) is 5.75 Å². The maximum absolute atomic E-state index is 11.9. The summed E-state index contributed by atoms with van der Waals surface area (Å²) in [5, 5.41) is 3.50. The molecule has 1 aromatic carbocycles. The van der Waals surface area contributed by atoms with E-state index in [2.05, 4.69) is 17.2 Å². The monoisotopic (exact) mass is 302 g/mol. The van der Waals surface area contributed by atoms with Gasteiger partial charge in [-0.2, -0.15) is 0 Å². The van der Waals surface area contributed by atoms with E-state index in [1.165, 1.54) is 16.9 Å². The Balaban J connectivity index is 1.51. The molecule has 0 atom stereocenters. The molecule has 21 heavy (non-hydrogen) atoms. The summed E-state index contributed by atoms with van der Waals surface area (Å²) < 4.78 is 5.48. The summed E-state index contributed by atoms with van der Waals surface area (Å²) in [6.07, 6.45) is 4.29. The summed E-state index contributed by atoms with van der Waals surface area (Å²) in [6.45, 7) is 2.12. The molecule has 0 aliphatic heterocycles. The summed E-state index contributed by atoms with van der Waals surface area (Å²) in [6, 6.07) is 7.81. The van der Waals surface area contributed by atoms with E-state index in [1.54, 1.807) is 11.3 Å². The fourth-order valence-electron chi connectivity index (χ4n) is 2.37. The molecule has 0 spiro atoms. The van der Waals surface area contributed by atoms with Gasteiger partial charge in [-0.25, -0.2) is 4.98 Å². The van der Waals surface area contributed by atoms with Crippen molar-refractivity contribution in [3.63, 3.8) is 0 Å². The molecule has 1 N–H and O–H groups in total. The predicted octanol–water partition coefficient (Wildman–Crippen LogP) is 3.21. The molecule has 2 aromatic rings. The van der Waals surface area contributed by atoms with Gasteiger partial charge >= 0.3 is 0 Å². The largest absolute Gasteiger partial charge is 0.484 e. The van der Waals surface area contributed by atoms with Crippen LogP contribution in [0.25, 0.3) is 0 Å². The fourth-order valence-corrected chi connectivity index (χ4v) is 3.44. The standard InChI is InChI=1S/C16H18N2O2S/c1-2-11-6-8-12(9-7-11)20-10-15(19)18-16-17-13-4-3-5-14(13)21-16/h6-9H,2-5,10H2,1H3,(H,17,18,19). The summed E-state index contributed by atoms with van der Waals surface area (Å²) in [4.78, 5) is 17.6. The number of aryl methyl sites for hydroxylation is 3. The quantitative estimate of drug-likeness (QED) is 0.922. The molecule has 110 valence electrons. The smallest absolute Gasteiger partial charge is 0.264 e. The van der Waals surface area contributed by atoms with Gasteiger partial charge in [0.25, 0.3) is 5.91 Å². The van der Waals surface area contributed by atoms with Crippen LogP contribution < -0.4 is 10.1 Å². The number of amides is 1. The third-order valence-corrected chi connectivity index (χ3v) is 4.62. The average Bonchev–Trinajstić information content (AvgIpc) is 3.07. The normalized spacial score (nSPS) is 13.0. The number of nitrogens with zero attached hydrogens (tertiary/aromatic N) is 1. The molecule has 3 rings (SSSR count). The number of rotatable bonds is 5. The second-order valence-electron chi connectivity index (χ2n) is 5.08. The highest BCUT2D eigenvalue weighted by atomic mass is 32.1. The van der Waals surface area contributed by atoms with Gasteiger partial charge in [0.1, 0.15) is 5.75 Å². The highest BCUT2D eigenvalue weighted by Crippen LogP contribution is 2.30. The van der Waals surface area contributed by atoms with Crippen LogP contribution in [0.2, 0.25) is 0 Å². The highest BCUT2D eigenvalue weighted by Gasteiger charge is 2.17. The van der Waals surface area contributed by atoms with Crippen LogP contribution in [0.3, 0.4) is 0 Å². The maximum Gasteiger partial charge on any atom is 0.264 e. The number of hydrogen-bond donors (Lipinski definition) is 1. The van der Waals surface area contributed by atoms with E-state index in [9.17, 15) is 4.79 Å². The molecule has 1 amide bonds. The zero-order chi connectivity index (χ0) is 14.7. The molecule has 0 unspecified atom stereocenters. The molecule has 0 radical (unpaired) electrons. The van der Waals surface area contributed by atoms with Crippen LogP contribution in [0.4, 0.5) is 5.13 Å². The second kappa shape index (κ2) is 6.26. The number of benzene rings is 1. The van der Waals surface area contributed by atoms with E-state index < -0.39 is 0 Å².